The second-order valence-electron chi connectivity index (χ2n) is 5.48. The van der Waals surface area contributed by atoms with Crippen molar-refractivity contribution >= 4 is 17.0 Å². The van der Waals surface area contributed by atoms with Crippen LogP contribution >= 0.6 is 0 Å². The van der Waals surface area contributed by atoms with Gasteiger partial charge in [0.05, 0.1) is 11.0 Å². The Kier molecular flexibility index (Phi) is 4.43. The maximum atomic E-state index is 4.69. The first-order chi connectivity index (χ1) is 9.09. The lowest BCUT2D eigenvalue weighted by Crippen LogP contribution is -2.32. The molecule has 0 saturated heterocycles. The van der Waals surface area contributed by atoms with E-state index < -0.39 is 0 Å². The zero-order chi connectivity index (χ0) is 13.8. The highest BCUT2D eigenvalue weighted by Gasteiger charge is 2.10. The maximum Gasteiger partial charge on any atom is 0.206 e. The Hall–Kier alpha value is -1.55. The van der Waals surface area contributed by atoms with Gasteiger partial charge in [-0.25, -0.2) is 4.98 Å². The molecule has 1 N–H and O–H groups in total. The van der Waals surface area contributed by atoms with Gasteiger partial charge in [-0.1, -0.05) is 26.0 Å². The third kappa shape index (κ3) is 3.26. The quantitative estimate of drug-likeness (QED) is 0.809. The van der Waals surface area contributed by atoms with Gasteiger partial charge >= 0.3 is 0 Å². The molecule has 0 aliphatic rings. The van der Waals surface area contributed by atoms with E-state index in [9.17, 15) is 0 Å². The highest BCUT2D eigenvalue weighted by Crippen LogP contribution is 2.19. The first kappa shape index (κ1) is 13.9. The van der Waals surface area contributed by atoms with Crippen LogP contribution in [0.3, 0.4) is 0 Å². The molecule has 1 aromatic carbocycles. The van der Waals surface area contributed by atoms with E-state index in [0.717, 1.165) is 31.1 Å². The second-order valence-corrected chi connectivity index (χ2v) is 5.48. The van der Waals surface area contributed by atoms with Crippen molar-refractivity contribution in [3.8, 4) is 0 Å². The summed E-state index contributed by atoms with van der Waals surface area (Å²) in [4.78, 5) is 6.89. The van der Waals surface area contributed by atoms with E-state index in [4.69, 9.17) is 0 Å². The topological polar surface area (TPSA) is 33.1 Å². The van der Waals surface area contributed by atoms with E-state index >= 15 is 0 Å². The van der Waals surface area contributed by atoms with Crippen LogP contribution in [0.5, 0.6) is 0 Å². The molecule has 0 atom stereocenters. The van der Waals surface area contributed by atoms with Gasteiger partial charge in [0.15, 0.2) is 0 Å². The van der Waals surface area contributed by atoms with Gasteiger partial charge in [0.1, 0.15) is 0 Å². The zero-order valence-corrected chi connectivity index (χ0v) is 12.3. The highest BCUT2D eigenvalue weighted by atomic mass is 15.3. The van der Waals surface area contributed by atoms with Crippen molar-refractivity contribution in [2.45, 2.75) is 13.8 Å². The number of fused-ring (bicyclic) bond motifs is 1. The van der Waals surface area contributed by atoms with E-state index in [-0.39, 0.29) is 0 Å². The van der Waals surface area contributed by atoms with Crippen LogP contribution in [0.4, 0.5) is 5.95 Å². The fourth-order valence-corrected chi connectivity index (χ4v) is 2.21. The summed E-state index contributed by atoms with van der Waals surface area (Å²) in [6.07, 6.45) is 0. The lowest BCUT2D eigenvalue weighted by atomic mass is 10.2. The summed E-state index contributed by atoms with van der Waals surface area (Å²) < 4.78 is 2.15. The van der Waals surface area contributed by atoms with Gasteiger partial charge in [0.25, 0.3) is 0 Å². The van der Waals surface area contributed by atoms with Crippen molar-refractivity contribution in [2.75, 3.05) is 31.6 Å². The zero-order valence-electron chi connectivity index (χ0n) is 12.3. The Bertz CT molecular complexity index is 530. The summed E-state index contributed by atoms with van der Waals surface area (Å²) >= 11 is 0. The minimum absolute atomic E-state index is 0.695. The predicted molar refractivity (Wildman–Crippen MR) is 81.7 cm³/mol. The molecule has 104 valence electrons. The van der Waals surface area contributed by atoms with E-state index in [1.165, 1.54) is 5.52 Å². The fourth-order valence-electron chi connectivity index (χ4n) is 2.21. The third-order valence-corrected chi connectivity index (χ3v) is 3.28. The van der Waals surface area contributed by atoms with Crippen LogP contribution in [-0.2, 0) is 7.05 Å². The molecular formula is C15H24N4. The van der Waals surface area contributed by atoms with E-state index in [2.05, 4.69) is 65.9 Å². The molecule has 0 bridgehead atoms. The van der Waals surface area contributed by atoms with Crippen LogP contribution in [0, 0.1) is 5.92 Å². The number of likely N-dealkylation sites (N-methyl/N-ethyl adjacent to an activating group) is 1. The number of hydrogen-bond donors (Lipinski definition) is 1. The molecule has 4 heteroatoms. The predicted octanol–water partition coefficient (Wildman–Crippen LogP) is 2.26. The smallest absolute Gasteiger partial charge is 0.206 e. The molecule has 2 aromatic rings. The number of para-hydroxylation sites is 2. The Morgan fingerprint density at radius 1 is 1.32 bits per heavy atom. The summed E-state index contributed by atoms with van der Waals surface area (Å²) in [5, 5.41) is 3.46. The minimum atomic E-state index is 0.695. The van der Waals surface area contributed by atoms with Crippen molar-refractivity contribution < 1.29 is 0 Å². The number of benzene rings is 1. The van der Waals surface area contributed by atoms with Gasteiger partial charge in [-0.2, -0.15) is 0 Å². The van der Waals surface area contributed by atoms with Crippen molar-refractivity contribution in [1.29, 1.82) is 0 Å². The molecule has 4 nitrogen and oxygen atoms in total. The first-order valence-electron chi connectivity index (χ1n) is 6.93. The molecule has 2 rings (SSSR count). The number of nitrogens with one attached hydrogen (secondary N) is 1. The Morgan fingerprint density at radius 2 is 2.05 bits per heavy atom. The highest BCUT2D eigenvalue weighted by molar-refractivity contribution is 5.78. The lowest BCUT2D eigenvalue weighted by molar-refractivity contribution is 0.552. The first-order valence-corrected chi connectivity index (χ1v) is 6.93. The summed E-state index contributed by atoms with van der Waals surface area (Å²) in [5.41, 5.74) is 2.24. The largest absolute Gasteiger partial charge is 0.344 e. The molecule has 19 heavy (non-hydrogen) atoms. The molecule has 0 aliphatic heterocycles. The lowest BCUT2D eigenvalue weighted by Gasteiger charge is -2.19. The van der Waals surface area contributed by atoms with E-state index in [1.54, 1.807) is 0 Å². The minimum Gasteiger partial charge on any atom is -0.344 e. The molecule has 0 spiro atoms. The normalized spacial score (nSPS) is 11.4. The van der Waals surface area contributed by atoms with E-state index in [0.29, 0.717) is 5.92 Å². The molecule has 0 unspecified atom stereocenters. The molecule has 0 fully saturated rings. The SMILES string of the molecule is CC(C)CNCCN(C)c1nc2ccccc2n1C. The van der Waals surface area contributed by atoms with Gasteiger partial charge in [-0.05, 0) is 24.6 Å². The number of anilines is 1. The van der Waals surface area contributed by atoms with Gasteiger partial charge < -0.3 is 14.8 Å². The molecule has 0 radical (unpaired) electrons. The number of aromatic nitrogens is 2. The van der Waals surface area contributed by atoms with Crippen LogP contribution < -0.4 is 10.2 Å². The molecular weight excluding hydrogens is 236 g/mol. The summed E-state index contributed by atoms with van der Waals surface area (Å²) in [6, 6.07) is 8.25. The Labute approximate surface area is 115 Å². The Balaban J connectivity index is 2.01. The molecule has 1 heterocycles. The van der Waals surface area contributed by atoms with Crippen molar-refractivity contribution in [3.63, 3.8) is 0 Å². The van der Waals surface area contributed by atoms with Gasteiger partial charge in [-0.15, -0.1) is 0 Å². The number of aryl methyl sites for hydroxylation is 1. The molecule has 0 saturated carbocycles. The Morgan fingerprint density at radius 3 is 2.74 bits per heavy atom. The summed E-state index contributed by atoms with van der Waals surface area (Å²) in [6.45, 7) is 7.46. The number of nitrogens with zero attached hydrogens (tertiary/aromatic N) is 3. The average Bonchev–Trinajstić information content (AvgIpc) is 2.72. The van der Waals surface area contributed by atoms with Crippen LogP contribution in [0.25, 0.3) is 11.0 Å². The monoisotopic (exact) mass is 260 g/mol. The van der Waals surface area contributed by atoms with Gasteiger partial charge in [0, 0.05) is 27.2 Å². The van der Waals surface area contributed by atoms with Crippen LogP contribution in [-0.4, -0.2) is 36.2 Å². The number of hydrogen-bond acceptors (Lipinski definition) is 3. The molecule has 0 aliphatic carbocycles. The number of imidazole rings is 1. The average molecular weight is 260 g/mol. The maximum absolute atomic E-state index is 4.69. The fraction of sp³-hybridized carbons (Fsp3) is 0.533. The van der Waals surface area contributed by atoms with Crippen LogP contribution in [0.2, 0.25) is 0 Å². The van der Waals surface area contributed by atoms with Crippen molar-refractivity contribution in [2.24, 2.45) is 13.0 Å². The van der Waals surface area contributed by atoms with Crippen molar-refractivity contribution in [1.82, 2.24) is 14.9 Å². The third-order valence-electron chi connectivity index (χ3n) is 3.28. The second kappa shape index (κ2) is 6.06. The standard InChI is InChI=1S/C15H24N4/c1-12(2)11-16-9-10-18(3)15-17-13-7-5-6-8-14(13)19(15)4/h5-8,12,16H,9-11H2,1-4H3. The number of rotatable bonds is 6. The molecule has 0 amide bonds. The summed E-state index contributed by atoms with van der Waals surface area (Å²) in [7, 11) is 4.17. The van der Waals surface area contributed by atoms with Gasteiger partial charge in [0.2, 0.25) is 5.95 Å². The van der Waals surface area contributed by atoms with Gasteiger partial charge in [-0.3, -0.25) is 0 Å². The summed E-state index contributed by atoms with van der Waals surface area (Å²) in [5.74, 6) is 1.72. The van der Waals surface area contributed by atoms with Crippen LogP contribution in [0.1, 0.15) is 13.8 Å². The molecule has 1 aromatic heterocycles. The van der Waals surface area contributed by atoms with Crippen molar-refractivity contribution in [3.05, 3.63) is 24.3 Å². The van der Waals surface area contributed by atoms with E-state index in [1.807, 2.05) is 6.07 Å². The van der Waals surface area contributed by atoms with Crippen LogP contribution in [0.15, 0.2) is 24.3 Å².